The third-order valence-electron chi connectivity index (χ3n) is 2.87. The Kier molecular flexibility index (Phi) is 4.08. The van der Waals surface area contributed by atoms with E-state index in [2.05, 4.69) is 5.32 Å². The third kappa shape index (κ3) is 3.17. The minimum absolute atomic E-state index is 0.0681. The van der Waals surface area contributed by atoms with Crippen LogP contribution >= 0.6 is 0 Å². The van der Waals surface area contributed by atoms with E-state index in [0.717, 1.165) is 12.1 Å². The molecule has 0 radical (unpaired) electrons. The maximum absolute atomic E-state index is 13.4. The lowest BCUT2D eigenvalue weighted by atomic mass is 10.1. The zero-order chi connectivity index (χ0) is 14.7. The van der Waals surface area contributed by atoms with E-state index < -0.39 is 23.4 Å². The lowest BCUT2D eigenvalue weighted by Gasteiger charge is -2.07. The maximum Gasteiger partial charge on any atom is 0.251 e. The quantitative estimate of drug-likeness (QED) is 0.917. The van der Waals surface area contributed by atoms with Gasteiger partial charge in [-0.3, -0.25) is 4.79 Å². The van der Waals surface area contributed by atoms with Crippen LogP contribution in [-0.4, -0.2) is 5.91 Å². The zero-order valence-electron chi connectivity index (χ0n) is 10.7. The highest BCUT2D eigenvalue weighted by atomic mass is 19.1. The van der Waals surface area contributed by atoms with Crippen LogP contribution < -0.4 is 5.32 Å². The van der Waals surface area contributed by atoms with Crippen molar-refractivity contribution in [2.24, 2.45) is 0 Å². The predicted octanol–water partition coefficient (Wildman–Crippen LogP) is 3.34. The van der Waals surface area contributed by atoms with Gasteiger partial charge < -0.3 is 5.32 Å². The Morgan fingerprint density at radius 3 is 2.45 bits per heavy atom. The van der Waals surface area contributed by atoms with Gasteiger partial charge in [0.1, 0.15) is 17.5 Å². The van der Waals surface area contributed by atoms with Crippen LogP contribution in [0.1, 0.15) is 21.5 Å². The average molecular weight is 279 g/mol. The second kappa shape index (κ2) is 5.77. The molecule has 0 spiro atoms. The van der Waals surface area contributed by atoms with Crippen LogP contribution in [0.4, 0.5) is 13.2 Å². The summed E-state index contributed by atoms with van der Waals surface area (Å²) in [5.74, 6) is -2.24. The standard InChI is InChI=1S/C15H12F3NO/c1-9-6-10(3-5-13(9)17)15(20)19-8-11-2-4-12(16)7-14(11)18/h2-7H,8H2,1H3,(H,19,20). The molecule has 0 aromatic heterocycles. The third-order valence-corrected chi connectivity index (χ3v) is 2.87. The first kappa shape index (κ1) is 14.1. The molecule has 20 heavy (non-hydrogen) atoms. The lowest BCUT2D eigenvalue weighted by molar-refractivity contribution is 0.0950. The van der Waals surface area contributed by atoms with Crippen LogP contribution in [0, 0.1) is 24.4 Å². The first-order valence-corrected chi connectivity index (χ1v) is 5.95. The van der Waals surface area contributed by atoms with Gasteiger partial charge in [-0.15, -0.1) is 0 Å². The Morgan fingerprint density at radius 2 is 1.80 bits per heavy atom. The van der Waals surface area contributed by atoms with Gasteiger partial charge in [0.2, 0.25) is 0 Å². The number of rotatable bonds is 3. The Hall–Kier alpha value is -2.30. The fourth-order valence-corrected chi connectivity index (χ4v) is 1.73. The molecule has 104 valence electrons. The molecule has 0 bridgehead atoms. The zero-order valence-corrected chi connectivity index (χ0v) is 10.7. The molecule has 0 atom stereocenters. The minimum atomic E-state index is -0.722. The van der Waals surface area contributed by atoms with Crippen molar-refractivity contribution in [1.29, 1.82) is 0 Å². The van der Waals surface area contributed by atoms with E-state index in [1.165, 1.54) is 24.3 Å². The molecule has 0 aliphatic rings. The van der Waals surface area contributed by atoms with Crippen molar-refractivity contribution < 1.29 is 18.0 Å². The van der Waals surface area contributed by atoms with Crippen LogP contribution in [0.3, 0.4) is 0 Å². The normalized spacial score (nSPS) is 10.4. The maximum atomic E-state index is 13.4. The molecule has 0 heterocycles. The van der Waals surface area contributed by atoms with E-state index in [-0.39, 0.29) is 17.7 Å². The number of nitrogens with one attached hydrogen (secondary N) is 1. The van der Waals surface area contributed by atoms with Crippen LogP contribution in [0.15, 0.2) is 36.4 Å². The SMILES string of the molecule is Cc1cc(C(=O)NCc2ccc(F)cc2F)ccc1F. The Bertz CT molecular complexity index is 656. The van der Waals surface area contributed by atoms with Gasteiger partial charge in [-0.25, -0.2) is 13.2 Å². The summed E-state index contributed by atoms with van der Waals surface area (Å²) in [5.41, 5.74) is 0.815. The van der Waals surface area contributed by atoms with E-state index in [1.807, 2.05) is 0 Å². The van der Waals surface area contributed by atoms with Crippen molar-refractivity contribution >= 4 is 5.91 Å². The Labute approximate surface area is 114 Å². The first-order valence-electron chi connectivity index (χ1n) is 5.95. The van der Waals surface area contributed by atoms with E-state index in [0.29, 0.717) is 5.56 Å². The van der Waals surface area contributed by atoms with Crippen molar-refractivity contribution in [2.75, 3.05) is 0 Å². The number of benzene rings is 2. The molecule has 0 fully saturated rings. The van der Waals surface area contributed by atoms with Gasteiger partial charge in [0.05, 0.1) is 0 Å². The molecule has 2 aromatic rings. The molecular formula is C15H12F3NO. The molecule has 1 amide bonds. The summed E-state index contributed by atoms with van der Waals surface area (Å²) in [4.78, 5) is 11.8. The summed E-state index contributed by atoms with van der Waals surface area (Å²) in [6.45, 7) is 1.48. The molecule has 0 aliphatic heterocycles. The minimum Gasteiger partial charge on any atom is -0.348 e. The Morgan fingerprint density at radius 1 is 1.05 bits per heavy atom. The largest absolute Gasteiger partial charge is 0.348 e. The molecule has 0 unspecified atom stereocenters. The van der Waals surface area contributed by atoms with E-state index >= 15 is 0 Å². The molecule has 5 heteroatoms. The highest BCUT2D eigenvalue weighted by Crippen LogP contribution is 2.11. The molecule has 1 N–H and O–H groups in total. The number of aryl methyl sites for hydroxylation is 1. The monoisotopic (exact) mass is 279 g/mol. The predicted molar refractivity (Wildman–Crippen MR) is 68.7 cm³/mol. The van der Waals surface area contributed by atoms with Gasteiger partial charge in [-0.1, -0.05) is 6.07 Å². The molecule has 2 aromatic carbocycles. The van der Waals surface area contributed by atoms with Crippen LogP contribution in [0.5, 0.6) is 0 Å². The van der Waals surface area contributed by atoms with Crippen molar-refractivity contribution in [3.05, 3.63) is 70.5 Å². The number of carbonyl (C=O) groups is 1. The van der Waals surface area contributed by atoms with E-state index in [9.17, 15) is 18.0 Å². The summed E-state index contributed by atoms with van der Waals surface area (Å²) >= 11 is 0. The van der Waals surface area contributed by atoms with Crippen LogP contribution in [0.2, 0.25) is 0 Å². The second-order valence-corrected chi connectivity index (χ2v) is 4.38. The number of halogens is 3. The van der Waals surface area contributed by atoms with Gasteiger partial charge in [0.15, 0.2) is 0 Å². The number of amides is 1. The molecular weight excluding hydrogens is 267 g/mol. The van der Waals surface area contributed by atoms with Gasteiger partial charge in [-0.2, -0.15) is 0 Å². The lowest BCUT2D eigenvalue weighted by Crippen LogP contribution is -2.23. The first-order chi connectivity index (χ1) is 9.47. The van der Waals surface area contributed by atoms with Crippen molar-refractivity contribution in [3.8, 4) is 0 Å². The fraction of sp³-hybridized carbons (Fsp3) is 0.133. The smallest absolute Gasteiger partial charge is 0.251 e. The van der Waals surface area contributed by atoms with Crippen LogP contribution in [-0.2, 0) is 6.54 Å². The summed E-state index contributed by atoms with van der Waals surface area (Å²) in [6, 6.07) is 7.09. The van der Waals surface area contributed by atoms with Gasteiger partial charge in [-0.05, 0) is 36.8 Å². The van der Waals surface area contributed by atoms with Gasteiger partial charge >= 0.3 is 0 Å². The Balaban J connectivity index is 2.06. The van der Waals surface area contributed by atoms with Crippen molar-refractivity contribution in [1.82, 2.24) is 5.32 Å². The van der Waals surface area contributed by atoms with E-state index in [4.69, 9.17) is 0 Å². The number of carbonyl (C=O) groups excluding carboxylic acids is 1. The van der Waals surface area contributed by atoms with Gasteiger partial charge in [0.25, 0.3) is 5.91 Å². The highest BCUT2D eigenvalue weighted by molar-refractivity contribution is 5.94. The topological polar surface area (TPSA) is 29.1 Å². The molecule has 0 saturated carbocycles. The van der Waals surface area contributed by atoms with E-state index in [1.54, 1.807) is 6.92 Å². The molecule has 2 nitrogen and oxygen atoms in total. The summed E-state index contributed by atoms with van der Waals surface area (Å²) in [7, 11) is 0. The summed E-state index contributed by atoms with van der Waals surface area (Å²) in [6.07, 6.45) is 0. The highest BCUT2D eigenvalue weighted by Gasteiger charge is 2.09. The fourth-order valence-electron chi connectivity index (χ4n) is 1.73. The van der Waals surface area contributed by atoms with Crippen LogP contribution in [0.25, 0.3) is 0 Å². The molecule has 2 rings (SSSR count). The number of hydrogen-bond acceptors (Lipinski definition) is 1. The summed E-state index contributed by atoms with van der Waals surface area (Å²) in [5, 5.41) is 2.50. The van der Waals surface area contributed by atoms with Gasteiger partial charge in [0, 0.05) is 23.7 Å². The number of hydrogen-bond donors (Lipinski definition) is 1. The van der Waals surface area contributed by atoms with Crippen molar-refractivity contribution in [2.45, 2.75) is 13.5 Å². The summed E-state index contributed by atoms with van der Waals surface area (Å²) < 4.78 is 39.2. The molecule has 0 aliphatic carbocycles. The second-order valence-electron chi connectivity index (χ2n) is 4.38. The average Bonchev–Trinajstić information content (AvgIpc) is 2.40. The molecule has 0 saturated heterocycles. The van der Waals surface area contributed by atoms with Crippen molar-refractivity contribution in [3.63, 3.8) is 0 Å².